The van der Waals surface area contributed by atoms with Gasteiger partial charge in [0, 0.05) is 6.20 Å². The SMILES string of the molecule is CNC(c1cncc(F)c1)c1cccc(F)c1Cl. The Morgan fingerprint density at radius 3 is 2.72 bits per heavy atom. The van der Waals surface area contributed by atoms with Crippen LogP contribution in [0, 0.1) is 11.6 Å². The summed E-state index contributed by atoms with van der Waals surface area (Å²) in [6.07, 6.45) is 2.63. The molecule has 2 rings (SSSR count). The summed E-state index contributed by atoms with van der Waals surface area (Å²) in [6, 6.07) is 5.47. The van der Waals surface area contributed by atoms with Gasteiger partial charge in [0.1, 0.15) is 11.6 Å². The average molecular weight is 269 g/mol. The fourth-order valence-electron chi connectivity index (χ4n) is 1.83. The minimum absolute atomic E-state index is 0.0288. The van der Waals surface area contributed by atoms with Crippen LogP contribution in [0.15, 0.2) is 36.7 Å². The standard InChI is InChI=1S/C13H11ClF2N2/c1-17-13(8-5-9(15)7-18-6-8)10-3-2-4-11(16)12(10)14/h2-7,13,17H,1H3. The van der Waals surface area contributed by atoms with Crippen molar-refractivity contribution in [3.05, 3.63) is 64.4 Å². The lowest BCUT2D eigenvalue weighted by molar-refractivity contribution is 0.603. The van der Waals surface area contributed by atoms with E-state index in [0.29, 0.717) is 11.1 Å². The molecule has 5 heteroatoms. The van der Waals surface area contributed by atoms with Crippen molar-refractivity contribution < 1.29 is 8.78 Å². The van der Waals surface area contributed by atoms with Crippen LogP contribution in [0.3, 0.4) is 0 Å². The van der Waals surface area contributed by atoms with Crippen LogP contribution in [0.1, 0.15) is 17.2 Å². The molecule has 1 atom stereocenters. The first-order chi connectivity index (χ1) is 8.63. The largest absolute Gasteiger partial charge is 0.309 e. The van der Waals surface area contributed by atoms with E-state index in [1.165, 1.54) is 18.3 Å². The first-order valence-corrected chi connectivity index (χ1v) is 5.73. The fourth-order valence-corrected chi connectivity index (χ4v) is 2.07. The number of hydrogen-bond donors (Lipinski definition) is 1. The lowest BCUT2D eigenvalue weighted by Crippen LogP contribution is -2.18. The van der Waals surface area contributed by atoms with Crippen molar-refractivity contribution in [1.29, 1.82) is 0 Å². The van der Waals surface area contributed by atoms with Gasteiger partial charge in [0.2, 0.25) is 0 Å². The number of aromatic nitrogens is 1. The molecule has 1 N–H and O–H groups in total. The maximum absolute atomic E-state index is 13.4. The Labute approximate surface area is 109 Å². The lowest BCUT2D eigenvalue weighted by atomic mass is 10.00. The van der Waals surface area contributed by atoms with Crippen LogP contribution in [0.5, 0.6) is 0 Å². The molecule has 94 valence electrons. The number of nitrogens with one attached hydrogen (secondary N) is 1. The fraction of sp³-hybridized carbons (Fsp3) is 0.154. The van der Waals surface area contributed by atoms with Crippen LogP contribution in [0.25, 0.3) is 0 Å². The summed E-state index contributed by atoms with van der Waals surface area (Å²) in [5.74, 6) is -0.945. The van der Waals surface area contributed by atoms with Crippen LogP contribution in [0.2, 0.25) is 5.02 Å². The third-order valence-electron chi connectivity index (χ3n) is 2.64. The first kappa shape index (κ1) is 12.9. The van der Waals surface area contributed by atoms with Crippen LogP contribution < -0.4 is 5.32 Å². The molecule has 0 aliphatic carbocycles. The lowest BCUT2D eigenvalue weighted by Gasteiger charge is -2.18. The Bertz CT molecular complexity index is 560. The zero-order valence-electron chi connectivity index (χ0n) is 9.62. The topological polar surface area (TPSA) is 24.9 Å². The third kappa shape index (κ3) is 2.49. The number of rotatable bonds is 3. The van der Waals surface area contributed by atoms with Gasteiger partial charge < -0.3 is 5.32 Å². The van der Waals surface area contributed by atoms with Crippen molar-refractivity contribution in [2.45, 2.75) is 6.04 Å². The first-order valence-electron chi connectivity index (χ1n) is 5.35. The second kappa shape index (κ2) is 5.42. The quantitative estimate of drug-likeness (QED) is 0.924. The Kier molecular flexibility index (Phi) is 3.89. The summed E-state index contributed by atoms with van der Waals surface area (Å²) in [5, 5.41) is 3.00. The van der Waals surface area contributed by atoms with Gasteiger partial charge in [-0.15, -0.1) is 0 Å². The number of benzene rings is 1. The maximum atomic E-state index is 13.4. The second-order valence-electron chi connectivity index (χ2n) is 3.80. The molecule has 2 nitrogen and oxygen atoms in total. The van der Waals surface area contributed by atoms with E-state index < -0.39 is 17.7 Å². The van der Waals surface area contributed by atoms with Gasteiger partial charge >= 0.3 is 0 Å². The van der Waals surface area contributed by atoms with Crippen LogP contribution in [-0.4, -0.2) is 12.0 Å². The van der Waals surface area contributed by atoms with Gasteiger partial charge in [0.25, 0.3) is 0 Å². The second-order valence-corrected chi connectivity index (χ2v) is 4.18. The molecule has 2 aromatic rings. The predicted octanol–water partition coefficient (Wildman–Crippen LogP) is 3.32. The summed E-state index contributed by atoms with van der Waals surface area (Å²) in [5.41, 5.74) is 1.14. The van der Waals surface area contributed by atoms with E-state index >= 15 is 0 Å². The van der Waals surface area contributed by atoms with E-state index in [9.17, 15) is 8.78 Å². The third-order valence-corrected chi connectivity index (χ3v) is 3.04. The summed E-state index contributed by atoms with van der Waals surface area (Å²) >= 11 is 5.93. The molecule has 0 aliphatic heterocycles. The van der Waals surface area contributed by atoms with E-state index in [-0.39, 0.29) is 5.02 Å². The van der Waals surface area contributed by atoms with Crippen molar-refractivity contribution in [3.63, 3.8) is 0 Å². The minimum atomic E-state index is -0.501. The van der Waals surface area contributed by atoms with Crippen molar-refractivity contribution >= 4 is 11.6 Å². The number of hydrogen-bond acceptors (Lipinski definition) is 2. The number of pyridine rings is 1. The zero-order chi connectivity index (χ0) is 13.1. The molecule has 1 aromatic heterocycles. The van der Waals surface area contributed by atoms with E-state index in [0.717, 1.165) is 6.20 Å². The van der Waals surface area contributed by atoms with Crippen molar-refractivity contribution in [2.24, 2.45) is 0 Å². The molecule has 1 heterocycles. The molecule has 0 spiro atoms. The monoisotopic (exact) mass is 268 g/mol. The van der Waals surface area contributed by atoms with E-state index in [1.54, 1.807) is 19.2 Å². The van der Waals surface area contributed by atoms with Crippen LogP contribution in [0.4, 0.5) is 8.78 Å². The molecule has 1 unspecified atom stereocenters. The molecule has 0 amide bonds. The highest BCUT2D eigenvalue weighted by atomic mass is 35.5. The van der Waals surface area contributed by atoms with Gasteiger partial charge in [0.05, 0.1) is 17.3 Å². The molecule has 0 saturated carbocycles. The van der Waals surface area contributed by atoms with Gasteiger partial charge in [-0.05, 0) is 30.3 Å². The highest BCUT2D eigenvalue weighted by Crippen LogP contribution is 2.29. The molecule has 18 heavy (non-hydrogen) atoms. The molecule has 0 aliphatic rings. The molecule has 0 bridgehead atoms. The predicted molar refractivity (Wildman–Crippen MR) is 66.5 cm³/mol. The van der Waals surface area contributed by atoms with Gasteiger partial charge in [-0.25, -0.2) is 8.78 Å². The number of halogens is 3. The Morgan fingerprint density at radius 2 is 2.06 bits per heavy atom. The molecule has 0 radical (unpaired) electrons. The van der Waals surface area contributed by atoms with E-state index in [1.807, 2.05) is 0 Å². The molecule has 1 aromatic carbocycles. The molecule has 0 fully saturated rings. The summed E-state index contributed by atoms with van der Waals surface area (Å²) in [6.45, 7) is 0. The molecular weight excluding hydrogens is 258 g/mol. The minimum Gasteiger partial charge on any atom is -0.309 e. The Hall–Kier alpha value is -1.52. The van der Waals surface area contributed by atoms with Gasteiger partial charge in [0.15, 0.2) is 0 Å². The van der Waals surface area contributed by atoms with Gasteiger partial charge in [-0.3, -0.25) is 4.98 Å². The van der Waals surface area contributed by atoms with Crippen molar-refractivity contribution in [3.8, 4) is 0 Å². The molecular formula is C13H11ClF2N2. The van der Waals surface area contributed by atoms with Crippen molar-refractivity contribution in [1.82, 2.24) is 10.3 Å². The van der Waals surface area contributed by atoms with Gasteiger partial charge in [-0.2, -0.15) is 0 Å². The van der Waals surface area contributed by atoms with E-state index in [4.69, 9.17) is 11.6 Å². The van der Waals surface area contributed by atoms with Crippen molar-refractivity contribution in [2.75, 3.05) is 7.05 Å². The Balaban J connectivity index is 2.49. The smallest absolute Gasteiger partial charge is 0.142 e. The summed E-state index contributed by atoms with van der Waals surface area (Å²) in [7, 11) is 1.69. The highest BCUT2D eigenvalue weighted by molar-refractivity contribution is 6.31. The summed E-state index contributed by atoms with van der Waals surface area (Å²) in [4.78, 5) is 3.78. The maximum Gasteiger partial charge on any atom is 0.142 e. The number of nitrogens with zero attached hydrogens (tertiary/aromatic N) is 1. The summed E-state index contributed by atoms with van der Waals surface area (Å²) < 4.78 is 26.6. The van der Waals surface area contributed by atoms with E-state index in [2.05, 4.69) is 10.3 Å². The van der Waals surface area contributed by atoms with Gasteiger partial charge in [-0.1, -0.05) is 23.7 Å². The highest BCUT2D eigenvalue weighted by Gasteiger charge is 2.17. The average Bonchev–Trinajstić information content (AvgIpc) is 2.35. The zero-order valence-corrected chi connectivity index (χ0v) is 10.4. The van der Waals surface area contributed by atoms with Crippen LogP contribution in [-0.2, 0) is 0 Å². The Morgan fingerprint density at radius 1 is 1.28 bits per heavy atom. The molecule has 0 saturated heterocycles. The normalized spacial score (nSPS) is 12.4. The van der Waals surface area contributed by atoms with Crippen LogP contribution >= 0.6 is 11.6 Å².